The molecule has 2 heterocycles. The van der Waals surface area contributed by atoms with Crippen molar-refractivity contribution in [2.45, 2.75) is 37.8 Å². The third-order valence-electron chi connectivity index (χ3n) is 5.16. The Labute approximate surface area is 178 Å². The van der Waals surface area contributed by atoms with E-state index in [1.807, 2.05) is 30.5 Å². The Kier molecular flexibility index (Phi) is 4.84. The maximum absolute atomic E-state index is 6.33. The predicted octanol–water partition coefficient (Wildman–Crippen LogP) is 5.13. The Morgan fingerprint density at radius 3 is 2.75 bits per heavy atom. The van der Waals surface area contributed by atoms with Crippen LogP contribution in [0.1, 0.15) is 24.2 Å². The first-order valence-corrected chi connectivity index (χ1v) is 10.7. The number of benzene rings is 2. The van der Waals surface area contributed by atoms with E-state index >= 15 is 0 Å². The summed E-state index contributed by atoms with van der Waals surface area (Å²) < 4.78 is 13.6. The monoisotopic (exact) mass is 484 g/mol. The van der Waals surface area contributed by atoms with E-state index in [2.05, 4.69) is 63.4 Å². The van der Waals surface area contributed by atoms with Gasteiger partial charge in [0.2, 0.25) is 5.89 Å². The van der Waals surface area contributed by atoms with Crippen LogP contribution in [0.3, 0.4) is 0 Å². The first kappa shape index (κ1) is 17.8. The Morgan fingerprint density at radius 1 is 1.11 bits per heavy atom. The van der Waals surface area contributed by atoms with Crippen molar-refractivity contribution in [3.8, 4) is 17.2 Å². The molecule has 1 fully saturated rings. The Bertz CT molecular complexity index is 1010. The van der Waals surface area contributed by atoms with Crippen LogP contribution in [0.25, 0.3) is 11.5 Å². The fourth-order valence-electron chi connectivity index (χ4n) is 3.43. The fourth-order valence-corrected chi connectivity index (χ4v) is 3.79. The van der Waals surface area contributed by atoms with Crippen LogP contribution in [-0.4, -0.2) is 17.1 Å². The van der Waals surface area contributed by atoms with Crippen molar-refractivity contribution >= 4 is 22.6 Å². The van der Waals surface area contributed by atoms with Crippen LogP contribution in [0.4, 0.5) is 0 Å². The molecule has 2 aliphatic rings. The van der Waals surface area contributed by atoms with Gasteiger partial charge in [-0.05, 0) is 83.1 Å². The molecule has 1 saturated carbocycles. The molecule has 1 N–H and O–H groups in total. The number of ether oxygens (including phenoxy) is 1. The van der Waals surface area contributed by atoms with E-state index < -0.39 is 0 Å². The van der Waals surface area contributed by atoms with Gasteiger partial charge >= 0.3 is 0 Å². The van der Waals surface area contributed by atoms with Crippen LogP contribution in [0.2, 0.25) is 0 Å². The molecule has 1 aliphatic carbocycles. The number of oxazole rings is 1. The summed E-state index contributed by atoms with van der Waals surface area (Å²) in [6, 6.07) is 17.1. The van der Waals surface area contributed by atoms with Crippen LogP contribution < -0.4 is 10.1 Å². The molecule has 28 heavy (non-hydrogen) atoms. The average molecular weight is 484 g/mol. The van der Waals surface area contributed by atoms with Gasteiger partial charge in [-0.2, -0.15) is 0 Å². The molecule has 142 valence electrons. The van der Waals surface area contributed by atoms with Crippen LogP contribution >= 0.6 is 22.6 Å². The molecule has 0 spiro atoms. The van der Waals surface area contributed by atoms with Gasteiger partial charge in [0.25, 0.3) is 0 Å². The molecule has 2 aromatic carbocycles. The topological polar surface area (TPSA) is 47.3 Å². The zero-order valence-corrected chi connectivity index (χ0v) is 17.6. The van der Waals surface area contributed by atoms with E-state index in [1.54, 1.807) is 0 Å². The summed E-state index contributed by atoms with van der Waals surface area (Å²) >= 11 is 2.30. The molecular weight excluding hydrogens is 463 g/mol. The van der Waals surface area contributed by atoms with Crippen molar-refractivity contribution in [2.24, 2.45) is 0 Å². The van der Waals surface area contributed by atoms with Crippen LogP contribution in [0.5, 0.6) is 5.75 Å². The van der Waals surface area contributed by atoms with Gasteiger partial charge in [0.1, 0.15) is 17.6 Å². The molecule has 5 rings (SSSR count). The van der Waals surface area contributed by atoms with E-state index in [-0.39, 0.29) is 6.10 Å². The molecule has 1 aliphatic heterocycles. The third kappa shape index (κ3) is 3.94. The number of fused-ring (bicyclic) bond motifs is 1. The second kappa shape index (κ2) is 7.62. The average Bonchev–Trinajstić information content (AvgIpc) is 3.44. The van der Waals surface area contributed by atoms with Gasteiger partial charge in [-0.15, -0.1) is 0 Å². The standard InChI is InChI=1S/C23H21IN2O2/c24-18-7-5-15(6-8-18)23-26-14-20(27-23)12-22-17(13-25-19-9-10-19)11-16-3-1-2-4-21(16)28-22/h1-8,13-14,19,22,25H,9-12H2. The smallest absolute Gasteiger partial charge is 0.226 e. The molecule has 0 bridgehead atoms. The number of nitrogens with zero attached hydrogens (tertiary/aromatic N) is 1. The largest absolute Gasteiger partial charge is 0.485 e. The van der Waals surface area contributed by atoms with Crippen molar-refractivity contribution in [3.05, 3.63) is 81.4 Å². The lowest BCUT2D eigenvalue weighted by Gasteiger charge is -2.28. The normalized spacial score (nSPS) is 19.9. The Balaban J connectivity index is 1.37. The molecule has 0 saturated heterocycles. The van der Waals surface area contributed by atoms with Gasteiger partial charge in [0.15, 0.2) is 0 Å². The number of rotatable bonds is 5. The lowest BCUT2D eigenvalue weighted by molar-refractivity contribution is 0.211. The first-order valence-electron chi connectivity index (χ1n) is 9.65. The summed E-state index contributed by atoms with van der Waals surface area (Å²) in [5, 5.41) is 3.52. The summed E-state index contributed by atoms with van der Waals surface area (Å²) in [5.41, 5.74) is 3.49. The second-order valence-corrected chi connectivity index (χ2v) is 8.64. The van der Waals surface area contributed by atoms with Crippen molar-refractivity contribution in [3.63, 3.8) is 0 Å². The minimum Gasteiger partial charge on any atom is -0.485 e. The minimum absolute atomic E-state index is 0.0429. The van der Waals surface area contributed by atoms with Crippen LogP contribution in [-0.2, 0) is 12.8 Å². The Morgan fingerprint density at radius 2 is 1.93 bits per heavy atom. The molecule has 1 atom stereocenters. The third-order valence-corrected chi connectivity index (χ3v) is 5.88. The van der Waals surface area contributed by atoms with Crippen LogP contribution in [0.15, 0.2) is 70.9 Å². The van der Waals surface area contributed by atoms with E-state index in [0.717, 1.165) is 23.5 Å². The van der Waals surface area contributed by atoms with Gasteiger partial charge < -0.3 is 14.5 Å². The summed E-state index contributed by atoms with van der Waals surface area (Å²) in [5.74, 6) is 2.47. The van der Waals surface area contributed by atoms with Gasteiger partial charge in [0, 0.05) is 28.0 Å². The summed E-state index contributed by atoms with van der Waals surface area (Å²) in [6.45, 7) is 0. The zero-order valence-electron chi connectivity index (χ0n) is 15.4. The van der Waals surface area contributed by atoms with E-state index in [4.69, 9.17) is 9.15 Å². The highest BCUT2D eigenvalue weighted by Crippen LogP contribution is 2.32. The summed E-state index contributed by atoms with van der Waals surface area (Å²) in [4.78, 5) is 4.48. The fraction of sp³-hybridized carbons (Fsp3) is 0.261. The highest BCUT2D eigenvalue weighted by molar-refractivity contribution is 14.1. The Hall–Kier alpha value is -2.28. The van der Waals surface area contributed by atoms with Gasteiger partial charge in [-0.25, -0.2) is 4.98 Å². The molecule has 1 aromatic heterocycles. The lowest BCUT2D eigenvalue weighted by atomic mass is 9.95. The lowest BCUT2D eigenvalue weighted by Crippen LogP contribution is -2.29. The van der Waals surface area contributed by atoms with E-state index in [1.165, 1.54) is 27.5 Å². The predicted molar refractivity (Wildman–Crippen MR) is 117 cm³/mol. The SMILES string of the molecule is Ic1ccc(-c2ncc(CC3Oc4ccccc4CC3=CNC3CC3)o2)cc1. The summed E-state index contributed by atoms with van der Waals surface area (Å²) in [6.07, 6.45) is 8.03. The number of halogens is 1. The van der Waals surface area contributed by atoms with E-state index in [0.29, 0.717) is 18.4 Å². The number of nitrogens with one attached hydrogen (secondary N) is 1. The number of aromatic nitrogens is 1. The van der Waals surface area contributed by atoms with Gasteiger partial charge in [-0.1, -0.05) is 18.2 Å². The number of hydrogen-bond donors (Lipinski definition) is 1. The van der Waals surface area contributed by atoms with Crippen LogP contribution in [0, 0.1) is 3.57 Å². The highest BCUT2D eigenvalue weighted by Gasteiger charge is 2.27. The molecular formula is C23H21IN2O2. The molecule has 4 nitrogen and oxygen atoms in total. The van der Waals surface area contributed by atoms with Crippen molar-refractivity contribution in [1.82, 2.24) is 10.3 Å². The van der Waals surface area contributed by atoms with Gasteiger partial charge in [-0.3, -0.25) is 0 Å². The van der Waals surface area contributed by atoms with E-state index in [9.17, 15) is 0 Å². The quantitative estimate of drug-likeness (QED) is 0.511. The molecule has 5 heteroatoms. The molecule has 1 unspecified atom stereocenters. The highest BCUT2D eigenvalue weighted by atomic mass is 127. The minimum atomic E-state index is -0.0429. The molecule has 3 aromatic rings. The van der Waals surface area contributed by atoms with Crippen molar-refractivity contribution in [1.29, 1.82) is 0 Å². The molecule has 0 amide bonds. The van der Waals surface area contributed by atoms with Gasteiger partial charge in [0.05, 0.1) is 6.20 Å². The zero-order chi connectivity index (χ0) is 18.9. The van der Waals surface area contributed by atoms with Crippen molar-refractivity contribution < 1.29 is 9.15 Å². The maximum Gasteiger partial charge on any atom is 0.226 e. The summed E-state index contributed by atoms with van der Waals surface area (Å²) in [7, 11) is 0. The first-order chi connectivity index (χ1) is 13.7. The van der Waals surface area contributed by atoms with Crippen molar-refractivity contribution in [2.75, 3.05) is 0 Å². The maximum atomic E-state index is 6.33. The second-order valence-electron chi connectivity index (χ2n) is 7.39. The molecule has 0 radical (unpaired) electrons. The number of hydrogen-bond acceptors (Lipinski definition) is 4. The number of para-hydroxylation sites is 1.